The normalized spacial score (nSPS) is 9.88. The van der Waals surface area contributed by atoms with Crippen LogP contribution in [-0.4, -0.2) is 19.4 Å². The van der Waals surface area contributed by atoms with Crippen LogP contribution in [0.25, 0.3) is 0 Å². The molecule has 0 saturated heterocycles. The smallest absolute Gasteiger partial charge is 0.136 e. The molecule has 0 aromatic rings. The molecule has 0 amide bonds. The summed E-state index contributed by atoms with van der Waals surface area (Å²) in [4.78, 5) is 10.2. The van der Waals surface area contributed by atoms with E-state index < -0.39 is 0 Å². The van der Waals surface area contributed by atoms with Gasteiger partial charge in [0.2, 0.25) is 0 Å². The van der Waals surface area contributed by atoms with Gasteiger partial charge in [0, 0.05) is 1.43 Å². The van der Waals surface area contributed by atoms with Gasteiger partial charge in [-0.15, -0.1) is 13.2 Å². The molecule has 0 aromatic carbocycles. The Morgan fingerprint density at radius 2 is 1.76 bits per heavy atom. The van der Waals surface area contributed by atoms with Crippen LogP contribution in [0.1, 0.15) is 54.3 Å². The Balaban J connectivity index is -0.000000105. The Morgan fingerprint density at radius 3 is 2.00 bits per heavy atom. The molecule has 0 aliphatic rings. The summed E-state index contributed by atoms with van der Waals surface area (Å²) in [6.45, 7) is 13.3. The first-order valence-corrected chi connectivity index (χ1v) is 6.61. The predicted molar refractivity (Wildman–Crippen MR) is 81.5 cm³/mol. The van der Waals surface area contributed by atoms with Gasteiger partial charge in [0.1, 0.15) is 6.29 Å². The topological polar surface area (TPSA) is 29.1 Å². The van der Waals surface area contributed by atoms with Gasteiger partial charge in [-0.3, -0.25) is 0 Å². The second kappa shape index (κ2) is 24.4. The van der Waals surface area contributed by atoms with Crippen molar-refractivity contribution in [2.24, 2.45) is 0 Å². The summed E-state index contributed by atoms with van der Waals surface area (Å²) >= 11 is 0. The summed E-state index contributed by atoms with van der Waals surface area (Å²) in [5.41, 5.74) is 0. The van der Waals surface area contributed by atoms with Gasteiger partial charge in [-0.2, -0.15) is 0 Å². The molecule has 0 saturated carbocycles. The number of nitrogens with one attached hydrogen (secondary N) is 1. The molecule has 0 aliphatic heterocycles. The first-order valence-electron chi connectivity index (χ1n) is 6.61. The van der Waals surface area contributed by atoms with E-state index in [2.05, 4.69) is 25.4 Å². The van der Waals surface area contributed by atoms with Crippen molar-refractivity contribution in [2.45, 2.75) is 58.9 Å². The van der Waals surface area contributed by atoms with Gasteiger partial charge in [0.05, 0.1) is 6.04 Å². The molecule has 0 unspecified atom stereocenters. The highest BCUT2D eigenvalue weighted by molar-refractivity contribution is 5.57. The van der Waals surface area contributed by atoms with Gasteiger partial charge in [-0.1, -0.05) is 39.3 Å². The highest BCUT2D eigenvalue weighted by Crippen LogP contribution is 1.98. The van der Waals surface area contributed by atoms with E-state index in [-0.39, 0.29) is 7.47 Å². The molecule has 104 valence electrons. The molecule has 2 nitrogen and oxygen atoms in total. The van der Waals surface area contributed by atoms with Crippen molar-refractivity contribution in [3.63, 3.8) is 0 Å². The average Bonchev–Trinajstić information content (AvgIpc) is 2.39. The molecule has 0 bridgehead atoms. The Morgan fingerprint density at radius 1 is 1.24 bits per heavy atom. The summed E-state index contributed by atoms with van der Waals surface area (Å²) in [7, 11) is 1.80. The van der Waals surface area contributed by atoms with Crippen LogP contribution in [0.2, 0.25) is 0 Å². The predicted octanol–water partition coefficient (Wildman–Crippen LogP) is 4.37. The summed E-state index contributed by atoms with van der Waals surface area (Å²) < 4.78 is 0. The molecule has 0 aromatic heterocycles. The average molecular weight is 243 g/mol. The Hall–Kier alpha value is -0.890. The first-order chi connectivity index (χ1) is 8.26. The molecule has 1 atom stereocenters. The number of carbonyl (C=O) groups is 1. The Bertz CT molecular complexity index is 161. The lowest BCUT2D eigenvalue weighted by Crippen LogP contribution is -2.26. The summed E-state index contributed by atoms with van der Waals surface area (Å²) in [5.74, 6) is 0. The monoisotopic (exact) mass is 243 g/mol. The van der Waals surface area contributed by atoms with E-state index in [1.165, 1.54) is 6.42 Å². The van der Waals surface area contributed by atoms with E-state index in [1.807, 2.05) is 26.0 Å². The third-order valence-electron chi connectivity index (χ3n) is 1.95. The minimum Gasteiger partial charge on any atom is -0.311 e. The summed E-state index contributed by atoms with van der Waals surface area (Å²) in [6.07, 6.45) is 10.1. The molecule has 0 fully saturated rings. The minimum absolute atomic E-state index is 0. The van der Waals surface area contributed by atoms with E-state index in [0.717, 1.165) is 32.0 Å². The quantitative estimate of drug-likeness (QED) is 0.389. The molecule has 17 heavy (non-hydrogen) atoms. The van der Waals surface area contributed by atoms with Crippen LogP contribution >= 0.6 is 0 Å². The molecule has 0 radical (unpaired) electrons. The van der Waals surface area contributed by atoms with Gasteiger partial charge < -0.3 is 10.1 Å². The molecule has 0 spiro atoms. The van der Waals surface area contributed by atoms with Crippen LogP contribution in [0.3, 0.4) is 0 Å². The molecule has 2 heteroatoms. The summed E-state index contributed by atoms with van der Waals surface area (Å²) in [5, 5.41) is 2.91. The van der Waals surface area contributed by atoms with E-state index in [0.29, 0.717) is 0 Å². The second-order valence-electron chi connectivity index (χ2n) is 3.33. The third-order valence-corrected chi connectivity index (χ3v) is 1.95. The lowest BCUT2D eigenvalue weighted by molar-refractivity contribution is -0.109. The van der Waals surface area contributed by atoms with Crippen molar-refractivity contribution >= 4 is 6.29 Å². The number of hydrogen-bond donors (Lipinski definition) is 1. The fourth-order valence-corrected chi connectivity index (χ4v) is 0.967. The molecule has 0 rings (SSSR count). The number of likely N-dealkylation sites (N-methyl/N-ethyl adjacent to an activating group) is 1. The van der Waals surface area contributed by atoms with Crippen molar-refractivity contribution < 1.29 is 6.22 Å². The largest absolute Gasteiger partial charge is 0.311 e. The maximum absolute atomic E-state index is 10.2. The molecule has 0 heterocycles. The van der Waals surface area contributed by atoms with Crippen LogP contribution in [0.5, 0.6) is 0 Å². The molecule has 0 aliphatic carbocycles. The maximum Gasteiger partial charge on any atom is 0.136 e. The Labute approximate surface area is 110 Å². The summed E-state index contributed by atoms with van der Waals surface area (Å²) in [6, 6.07) is 0.0277. The van der Waals surface area contributed by atoms with E-state index in [1.54, 1.807) is 7.05 Å². The van der Waals surface area contributed by atoms with Crippen LogP contribution in [-0.2, 0) is 4.79 Å². The Kier molecular flexibility index (Phi) is 30.7. The van der Waals surface area contributed by atoms with Crippen molar-refractivity contribution in [1.82, 2.24) is 5.32 Å². The van der Waals surface area contributed by atoms with Crippen LogP contribution in [0, 0.1) is 0 Å². The number of rotatable bonds is 8. The van der Waals surface area contributed by atoms with Gasteiger partial charge in [-0.05, 0) is 32.7 Å². The third kappa shape index (κ3) is 25.4. The molecule has 1 N–H and O–H groups in total. The first kappa shape index (κ1) is 21.4. The lowest BCUT2D eigenvalue weighted by Gasteiger charge is -2.05. The number of aldehydes is 1. The van der Waals surface area contributed by atoms with Crippen molar-refractivity contribution in [3.8, 4) is 0 Å². The van der Waals surface area contributed by atoms with Gasteiger partial charge in [0.15, 0.2) is 0 Å². The highest BCUT2D eigenvalue weighted by atomic mass is 16.1. The van der Waals surface area contributed by atoms with Crippen LogP contribution in [0.15, 0.2) is 25.3 Å². The van der Waals surface area contributed by atoms with Crippen LogP contribution < -0.4 is 5.32 Å². The minimum atomic E-state index is 0. The van der Waals surface area contributed by atoms with Gasteiger partial charge in [-0.25, -0.2) is 0 Å². The van der Waals surface area contributed by atoms with Crippen molar-refractivity contribution in [2.75, 3.05) is 7.05 Å². The lowest BCUT2D eigenvalue weighted by atomic mass is 10.1. The zero-order valence-corrected chi connectivity index (χ0v) is 12.2. The molecular formula is C15H33NO. The molecular weight excluding hydrogens is 210 g/mol. The van der Waals surface area contributed by atoms with Gasteiger partial charge >= 0.3 is 0 Å². The standard InChI is InChI=1S/C8H15NO.C5H10.C2H6.H2/c1-3-4-5-6-8(7-10)9-2;1-3-5-4-2;1-2;/h3,7-9H,1,4-6H2,2H3;3H,1,4-5H2,2H3;1-2H3;1H/t8-;;;/m0.../s1. The number of unbranched alkanes of at least 4 members (excludes halogenated alkanes) is 2. The zero-order valence-electron chi connectivity index (χ0n) is 12.2. The second-order valence-corrected chi connectivity index (χ2v) is 3.33. The fraction of sp³-hybridized carbons (Fsp3) is 0.667. The van der Waals surface area contributed by atoms with Crippen LogP contribution in [0.4, 0.5) is 0 Å². The number of allylic oxidation sites excluding steroid dienone is 2. The van der Waals surface area contributed by atoms with Crippen molar-refractivity contribution in [1.29, 1.82) is 0 Å². The highest BCUT2D eigenvalue weighted by Gasteiger charge is 2.00. The zero-order chi connectivity index (χ0) is 13.9. The number of hydrogen-bond acceptors (Lipinski definition) is 2. The van der Waals surface area contributed by atoms with Crippen molar-refractivity contribution in [3.05, 3.63) is 25.3 Å². The number of carbonyl (C=O) groups excluding carboxylic acids is 1. The van der Waals surface area contributed by atoms with E-state index in [4.69, 9.17) is 0 Å². The maximum atomic E-state index is 10.2. The fourth-order valence-electron chi connectivity index (χ4n) is 0.967. The van der Waals surface area contributed by atoms with E-state index in [9.17, 15) is 4.79 Å². The van der Waals surface area contributed by atoms with Gasteiger partial charge in [0.25, 0.3) is 0 Å². The van der Waals surface area contributed by atoms with E-state index >= 15 is 0 Å². The SMILES string of the molecule is C=CCCC.C=CCCC[C@@H](C=O)NC.CC.[HH].